The molecule has 6 heteroatoms. The van der Waals surface area contributed by atoms with Crippen LogP contribution in [0, 0.1) is 11.8 Å². The number of carboxylic acids is 1. The summed E-state index contributed by atoms with van der Waals surface area (Å²) in [6.45, 7) is 0.411. The molecule has 19 heavy (non-hydrogen) atoms. The lowest BCUT2D eigenvalue weighted by atomic mass is 9.82. The molecule has 1 amide bonds. The molecule has 2 aliphatic heterocycles. The van der Waals surface area contributed by atoms with Crippen molar-refractivity contribution >= 4 is 23.2 Å². The van der Waals surface area contributed by atoms with Gasteiger partial charge < -0.3 is 20.0 Å². The van der Waals surface area contributed by atoms with Gasteiger partial charge in [-0.1, -0.05) is 18.2 Å². The number of nitrogens with one attached hydrogen (secondary N) is 1. The van der Waals surface area contributed by atoms with Crippen LogP contribution in [0.2, 0.25) is 0 Å². The molecule has 1 N–H and O–H groups in total. The van der Waals surface area contributed by atoms with Crippen LogP contribution < -0.4 is 10.4 Å². The van der Waals surface area contributed by atoms with E-state index in [0.717, 1.165) is 4.88 Å². The van der Waals surface area contributed by atoms with E-state index in [9.17, 15) is 14.7 Å². The summed E-state index contributed by atoms with van der Waals surface area (Å²) < 4.78 is 5.43. The highest BCUT2D eigenvalue weighted by Crippen LogP contribution is 2.38. The number of aliphatic carboxylic acids is 1. The molecule has 1 fully saturated rings. The van der Waals surface area contributed by atoms with Crippen molar-refractivity contribution in [3.8, 4) is 0 Å². The minimum atomic E-state index is -1.23. The van der Waals surface area contributed by atoms with Crippen LogP contribution in [-0.4, -0.2) is 24.1 Å². The van der Waals surface area contributed by atoms with Crippen LogP contribution in [0.25, 0.3) is 0 Å². The summed E-state index contributed by atoms with van der Waals surface area (Å²) in [6, 6.07) is 3.82. The van der Waals surface area contributed by atoms with Gasteiger partial charge in [0.2, 0.25) is 5.91 Å². The minimum absolute atomic E-state index is 0.292. The third kappa shape index (κ3) is 2.17. The van der Waals surface area contributed by atoms with Gasteiger partial charge in [-0.3, -0.25) is 4.79 Å². The van der Waals surface area contributed by atoms with Crippen molar-refractivity contribution in [3.63, 3.8) is 0 Å². The monoisotopic (exact) mass is 278 g/mol. The fourth-order valence-electron chi connectivity index (χ4n) is 2.61. The summed E-state index contributed by atoms with van der Waals surface area (Å²) in [5, 5.41) is 15.8. The first kappa shape index (κ1) is 12.4. The van der Waals surface area contributed by atoms with E-state index in [-0.39, 0.29) is 5.91 Å². The molecule has 3 heterocycles. The maximum atomic E-state index is 12.1. The molecule has 3 rings (SSSR count). The first-order chi connectivity index (χ1) is 9.16. The Bertz CT molecular complexity index is 525. The summed E-state index contributed by atoms with van der Waals surface area (Å²) in [4.78, 5) is 24.3. The molecule has 2 bridgehead atoms. The molecule has 1 aromatic heterocycles. The number of hydrogen-bond acceptors (Lipinski definition) is 5. The Morgan fingerprint density at radius 1 is 1.32 bits per heavy atom. The number of fused-ring (bicyclic) bond motifs is 2. The summed E-state index contributed by atoms with van der Waals surface area (Å²) in [5.41, 5.74) is 0. The van der Waals surface area contributed by atoms with E-state index in [1.807, 2.05) is 17.5 Å². The predicted molar refractivity (Wildman–Crippen MR) is 66.0 cm³/mol. The highest BCUT2D eigenvalue weighted by Gasteiger charge is 2.50. The number of carbonyl (C=O) groups excluding carboxylic acids is 2. The fourth-order valence-corrected chi connectivity index (χ4v) is 3.25. The second-order valence-corrected chi connectivity index (χ2v) is 5.65. The van der Waals surface area contributed by atoms with Crippen molar-refractivity contribution in [2.24, 2.45) is 11.8 Å². The zero-order chi connectivity index (χ0) is 13.4. The van der Waals surface area contributed by atoms with E-state index in [0.29, 0.717) is 6.54 Å². The lowest BCUT2D eigenvalue weighted by molar-refractivity contribution is -0.313. The van der Waals surface area contributed by atoms with Gasteiger partial charge in [-0.25, -0.2) is 0 Å². The molecular weight excluding hydrogens is 266 g/mol. The van der Waals surface area contributed by atoms with E-state index in [2.05, 4.69) is 5.32 Å². The highest BCUT2D eigenvalue weighted by molar-refractivity contribution is 7.09. The Hall–Kier alpha value is -1.66. The molecule has 0 aromatic carbocycles. The van der Waals surface area contributed by atoms with Crippen LogP contribution in [0.5, 0.6) is 0 Å². The lowest BCUT2D eigenvalue weighted by Crippen LogP contribution is -2.46. The molecule has 0 radical (unpaired) electrons. The van der Waals surface area contributed by atoms with E-state index in [4.69, 9.17) is 4.74 Å². The number of thiophene rings is 1. The average Bonchev–Trinajstić information content (AvgIpc) is 3.10. The first-order valence-corrected chi connectivity index (χ1v) is 6.89. The van der Waals surface area contributed by atoms with Crippen molar-refractivity contribution in [2.45, 2.75) is 18.8 Å². The summed E-state index contributed by atoms with van der Waals surface area (Å²) in [5.74, 6) is -3.11. The third-order valence-corrected chi connectivity index (χ3v) is 4.37. The van der Waals surface area contributed by atoms with Crippen LogP contribution in [-0.2, 0) is 20.9 Å². The second kappa shape index (κ2) is 4.79. The second-order valence-electron chi connectivity index (χ2n) is 4.62. The largest absolute Gasteiger partial charge is 0.550 e. The highest BCUT2D eigenvalue weighted by atomic mass is 32.1. The predicted octanol–water partition coefficient (Wildman–Crippen LogP) is -0.316. The Kier molecular flexibility index (Phi) is 3.12. The number of rotatable bonds is 4. The Balaban J connectivity index is 1.68. The quantitative estimate of drug-likeness (QED) is 0.766. The molecule has 100 valence electrons. The van der Waals surface area contributed by atoms with E-state index in [1.165, 1.54) is 0 Å². The van der Waals surface area contributed by atoms with Crippen molar-refractivity contribution in [1.82, 2.24) is 5.32 Å². The van der Waals surface area contributed by atoms with Gasteiger partial charge in [0, 0.05) is 16.8 Å². The zero-order valence-corrected chi connectivity index (χ0v) is 10.8. The van der Waals surface area contributed by atoms with Gasteiger partial charge in [-0.15, -0.1) is 11.3 Å². The van der Waals surface area contributed by atoms with Crippen LogP contribution in [0.4, 0.5) is 0 Å². The van der Waals surface area contributed by atoms with Crippen molar-refractivity contribution in [2.75, 3.05) is 0 Å². The molecule has 1 aromatic rings. The van der Waals surface area contributed by atoms with Crippen LogP contribution in [0.1, 0.15) is 4.88 Å². The van der Waals surface area contributed by atoms with Gasteiger partial charge in [0.1, 0.15) is 0 Å². The van der Waals surface area contributed by atoms with Gasteiger partial charge >= 0.3 is 0 Å². The molecule has 5 nitrogen and oxygen atoms in total. The molecule has 0 spiro atoms. The topological polar surface area (TPSA) is 78.5 Å². The van der Waals surface area contributed by atoms with Gasteiger partial charge in [0.25, 0.3) is 0 Å². The third-order valence-electron chi connectivity index (χ3n) is 3.49. The lowest BCUT2D eigenvalue weighted by Gasteiger charge is -2.24. The number of carboxylic acid groups (broad SMARTS) is 1. The van der Waals surface area contributed by atoms with Crippen LogP contribution in [0.3, 0.4) is 0 Å². The molecule has 0 saturated carbocycles. The zero-order valence-electron chi connectivity index (χ0n) is 9.94. The van der Waals surface area contributed by atoms with Crippen molar-refractivity contribution < 1.29 is 19.4 Å². The SMILES string of the molecule is O=C([O-])[C@@H]1[C@@H](C(=O)NCc2cccs2)[C@H]2C=C[C@@H]1O2. The molecule has 4 atom stereocenters. The first-order valence-electron chi connectivity index (χ1n) is 6.01. The Labute approximate surface area is 113 Å². The summed E-state index contributed by atoms with van der Waals surface area (Å²) in [7, 11) is 0. The van der Waals surface area contributed by atoms with Crippen molar-refractivity contribution in [3.05, 3.63) is 34.5 Å². The Morgan fingerprint density at radius 2 is 2.05 bits per heavy atom. The normalized spacial score (nSPS) is 31.6. The molecular formula is C13H12NO4S-. The number of hydrogen-bond donors (Lipinski definition) is 1. The maximum absolute atomic E-state index is 12.1. The summed E-state index contributed by atoms with van der Waals surface area (Å²) in [6.07, 6.45) is 2.46. The van der Waals surface area contributed by atoms with Gasteiger partial charge in [-0.2, -0.15) is 0 Å². The number of ether oxygens (including phenoxy) is 1. The molecule has 0 aliphatic carbocycles. The maximum Gasteiger partial charge on any atom is 0.227 e. The van der Waals surface area contributed by atoms with E-state index >= 15 is 0 Å². The van der Waals surface area contributed by atoms with Crippen LogP contribution in [0.15, 0.2) is 29.7 Å². The van der Waals surface area contributed by atoms with E-state index in [1.54, 1.807) is 23.5 Å². The number of carbonyl (C=O) groups is 2. The Morgan fingerprint density at radius 3 is 2.68 bits per heavy atom. The standard InChI is InChI=1S/C13H13NO4S/c15-12(14-6-7-2-1-5-19-7)10-8-3-4-9(18-8)11(10)13(16)17/h1-5,8-11H,6H2,(H,14,15)(H,16,17)/p-1/t8-,9+,10+,11+/m1/s1. The smallest absolute Gasteiger partial charge is 0.227 e. The molecule has 1 saturated heterocycles. The average molecular weight is 278 g/mol. The molecule has 2 aliphatic rings. The summed E-state index contributed by atoms with van der Waals surface area (Å²) >= 11 is 1.54. The van der Waals surface area contributed by atoms with Gasteiger partial charge in [-0.05, 0) is 11.4 Å². The fraction of sp³-hybridized carbons (Fsp3) is 0.385. The molecule has 0 unspecified atom stereocenters. The van der Waals surface area contributed by atoms with E-state index < -0.39 is 30.0 Å². The van der Waals surface area contributed by atoms with Gasteiger partial charge in [0.05, 0.1) is 24.7 Å². The van der Waals surface area contributed by atoms with Gasteiger partial charge in [0.15, 0.2) is 0 Å². The minimum Gasteiger partial charge on any atom is -0.550 e. The van der Waals surface area contributed by atoms with Crippen molar-refractivity contribution in [1.29, 1.82) is 0 Å². The number of amides is 1. The van der Waals surface area contributed by atoms with Crippen LogP contribution >= 0.6 is 11.3 Å².